The molecule has 0 N–H and O–H groups in total. The molecule has 1 aliphatic rings. The van der Waals surface area contributed by atoms with Crippen molar-refractivity contribution < 1.29 is 23.6 Å². The number of carbonyl (C=O) groups is 1. The molecule has 23 heavy (non-hydrogen) atoms. The van der Waals surface area contributed by atoms with E-state index in [1.54, 1.807) is 0 Å². The van der Waals surface area contributed by atoms with Gasteiger partial charge >= 0.3 is 13.1 Å². The molecule has 0 unspecified atom stereocenters. The summed E-state index contributed by atoms with van der Waals surface area (Å²) in [6.07, 6.45) is 0.944. The maximum absolute atomic E-state index is 11.1. The molecule has 5 nitrogen and oxygen atoms in total. The van der Waals surface area contributed by atoms with Crippen molar-refractivity contribution in [3.05, 3.63) is 24.3 Å². The van der Waals surface area contributed by atoms with E-state index in [1.165, 1.54) is 7.11 Å². The summed E-state index contributed by atoms with van der Waals surface area (Å²) < 4.78 is 22.6. The topological polar surface area (TPSA) is 54.0 Å². The zero-order chi connectivity index (χ0) is 17.1. The van der Waals surface area contributed by atoms with E-state index in [0.29, 0.717) is 19.4 Å². The van der Waals surface area contributed by atoms with Gasteiger partial charge in [-0.3, -0.25) is 4.79 Å². The summed E-state index contributed by atoms with van der Waals surface area (Å²) in [5, 5.41) is 0. The normalized spacial score (nSPS) is 18.7. The van der Waals surface area contributed by atoms with Crippen molar-refractivity contribution in [2.75, 3.05) is 13.7 Å². The van der Waals surface area contributed by atoms with E-state index in [2.05, 4.69) is 4.74 Å². The monoisotopic (exact) mass is 320 g/mol. The van der Waals surface area contributed by atoms with E-state index in [4.69, 9.17) is 14.0 Å². The van der Waals surface area contributed by atoms with Crippen LogP contribution >= 0.6 is 0 Å². The van der Waals surface area contributed by atoms with Crippen LogP contribution in [0.1, 0.15) is 40.5 Å². The molecule has 1 aliphatic heterocycles. The third kappa shape index (κ3) is 4.06. The molecule has 1 heterocycles. The maximum Gasteiger partial charge on any atom is 0.498 e. The molecular formula is C17H25BO5. The number of rotatable bonds is 6. The Morgan fingerprint density at radius 3 is 2.35 bits per heavy atom. The predicted molar refractivity (Wildman–Crippen MR) is 88.9 cm³/mol. The van der Waals surface area contributed by atoms with Gasteiger partial charge in [-0.2, -0.15) is 0 Å². The second kappa shape index (κ2) is 6.93. The zero-order valence-electron chi connectivity index (χ0n) is 14.5. The number of carbonyl (C=O) groups excluding carboxylic acids is 1. The highest BCUT2D eigenvalue weighted by atomic mass is 16.7. The fourth-order valence-corrected chi connectivity index (χ4v) is 2.28. The highest BCUT2D eigenvalue weighted by Gasteiger charge is 2.52. The quantitative estimate of drug-likeness (QED) is 0.457. The number of methoxy groups -OCH3 is 1. The van der Waals surface area contributed by atoms with Gasteiger partial charge in [-0.15, -0.1) is 0 Å². The van der Waals surface area contributed by atoms with Crippen molar-refractivity contribution in [3.8, 4) is 5.75 Å². The van der Waals surface area contributed by atoms with Crippen LogP contribution in [0.15, 0.2) is 24.3 Å². The second-order valence-electron chi connectivity index (χ2n) is 6.65. The van der Waals surface area contributed by atoms with E-state index in [0.717, 1.165) is 11.2 Å². The lowest BCUT2D eigenvalue weighted by Crippen LogP contribution is -2.41. The fraction of sp³-hybridized carbons (Fsp3) is 0.588. The van der Waals surface area contributed by atoms with Crippen molar-refractivity contribution in [2.24, 2.45) is 0 Å². The Labute approximate surface area is 138 Å². The molecular weight excluding hydrogens is 295 g/mol. The van der Waals surface area contributed by atoms with E-state index in [-0.39, 0.29) is 5.97 Å². The summed E-state index contributed by atoms with van der Waals surface area (Å²) >= 11 is 0. The lowest BCUT2D eigenvalue weighted by atomic mass is 9.78. The summed E-state index contributed by atoms with van der Waals surface area (Å²) in [6.45, 7) is 8.52. The molecule has 0 atom stereocenters. The van der Waals surface area contributed by atoms with E-state index < -0.39 is 18.3 Å². The number of hydrogen-bond acceptors (Lipinski definition) is 5. The largest absolute Gasteiger partial charge is 0.498 e. The Balaban J connectivity index is 2.03. The average molecular weight is 320 g/mol. The van der Waals surface area contributed by atoms with Crippen molar-refractivity contribution in [1.29, 1.82) is 0 Å². The number of hydrogen-bond donors (Lipinski definition) is 0. The highest BCUT2D eigenvalue weighted by Crippen LogP contribution is 2.37. The molecule has 1 saturated heterocycles. The van der Waals surface area contributed by atoms with Crippen LogP contribution in [-0.2, 0) is 18.8 Å². The standard InChI is InChI=1S/C17H25BO5/c1-16(2)17(3,4)23-18(22-16)13-9-6-7-10-14(13)21-12-8-11-15(19)20-5/h6-7,9-10H,8,11-12H2,1-5H3. The van der Waals surface area contributed by atoms with E-state index >= 15 is 0 Å². The number of para-hydroxylation sites is 1. The van der Waals surface area contributed by atoms with Gasteiger partial charge in [-0.05, 0) is 40.2 Å². The first kappa shape index (κ1) is 17.8. The molecule has 0 bridgehead atoms. The van der Waals surface area contributed by atoms with Crippen LogP contribution in [0.4, 0.5) is 0 Å². The molecule has 1 aromatic carbocycles. The van der Waals surface area contributed by atoms with Crippen LogP contribution in [0, 0.1) is 0 Å². The molecule has 126 valence electrons. The fourth-order valence-electron chi connectivity index (χ4n) is 2.28. The van der Waals surface area contributed by atoms with Crippen LogP contribution in [0.2, 0.25) is 0 Å². The van der Waals surface area contributed by atoms with Crippen LogP contribution in [0.3, 0.4) is 0 Å². The molecule has 0 aliphatic carbocycles. The number of esters is 1. The third-order valence-corrected chi connectivity index (χ3v) is 4.44. The summed E-state index contributed by atoms with van der Waals surface area (Å²) in [7, 11) is 0.924. The smallest absolute Gasteiger partial charge is 0.494 e. The van der Waals surface area contributed by atoms with Crippen molar-refractivity contribution in [2.45, 2.75) is 51.7 Å². The minimum absolute atomic E-state index is 0.229. The first-order valence-corrected chi connectivity index (χ1v) is 7.91. The third-order valence-electron chi connectivity index (χ3n) is 4.44. The number of benzene rings is 1. The molecule has 0 aromatic heterocycles. The predicted octanol–water partition coefficient (Wildman–Crippen LogP) is 2.32. The van der Waals surface area contributed by atoms with Crippen molar-refractivity contribution in [1.82, 2.24) is 0 Å². The Morgan fingerprint density at radius 1 is 1.13 bits per heavy atom. The summed E-state index contributed by atoms with van der Waals surface area (Å²) in [5.74, 6) is 0.490. The first-order chi connectivity index (χ1) is 10.8. The molecule has 0 radical (unpaired) electrons. The van der Waals surface area contributed by atoms with Gasteiger partial charge in [0.2, 0.25) is 0 Å². The van der Waals surface area contributed by atoms with Gasteiger partial charge in [0.05, 0.1) is 24.9 Å². The van der Waals surface area contributed by atoms with Crippen LogP contribution in [0.25, 0.3) is 0 Å². The lowest BCUT2D eigenvalue weighted by molar-refractivity contribution is -0.140. The Bertz CT molecular complexity index is 540. The second-order valence-corrected chi connectivity index (χ2v) is 6.65. The van der Waals surface area contributed by atoms with Gasteiger partial charge in [0, 0.05) is 11.9 Å². The molecule has 0 saturated carbocycles. The number of ether oxygens (including phenoxy) is 2. The average Bonchev–Trinajstić information content (AvgIpc) is 2.72. The van der Waals surface area contributed by atoms with Crippen LogP contribution in [0.5, 0.6) is 5.75 Å². The first-order valence-electron chi connectivity index (χ1n) is 7.91. The van der Waals surface area contributed by atoms with Gasteiger partial charge < -0.3 is 18.8 Å². The van der Waals surface area contributed by atoms with Crippen molar-refractivity contribution >= 4 is 18.6 Å². The van der Waals surface area contributed by atoms with Gasteiger partial charge in [-0.1, -0.05) is 18.2 Å². The summed E-state index contributed by atoms with van der Waals surface area (Å²) in [4.78, 5) is 11.1. The summed E-state index contributed by atoms with van der Waals surface area (Å²) in [6, 6.07) is 7.67. The highest BCUT2D eigenvalue weighted by molar-refractivity contribution is 6.63. The minimum atomic E-state index is -0.461. The van der Waals surface area contributed by atoms with E-state index in [1.807, 2.05) is 52.0 Å². The van der Waals surface area contributed by atoms with Gasteiger partial charge in [0.15, 0.2) is 0 Å². The zero-order valence-corrected chi connectivity index (χ0v) is 14.5. The Morgan fingerprint density at radius 2 is 1.74 bits per heavy atom. The Kier molecular flexibility index (Phi) is 5.37. The minimum Gasteiger partial charge on any atom is -0.494 e. The molecule has 2 rings (SSSR count). The lowest BCUT2D eigenvalue weighted by Gasteiger charge is -2.32. The van der Waals surface area contributed by atoms with Crippen molar-refractivity contribution in [3.63, 3.8) is 0 Å². The molecule has 0 spiro atoms. The molecule has 0 amide bonds. The van der Waals surface area contributed by atoms with E-state index in [9.17, 15) is 4.79 Å². The molecule has 6 heteroatoms. The van der Waals surface area contributed by atoms with Crippen LogP contribution in [-0.4, -0.2) is 38.0 Å². The van der Waals surface area contributed by atoms with Gasteiger partial charge in [0.25, 0.3) is 0 Å². The Hall–Kier alpha value is -1.53. The van der Waals surface area contributed by atoms with Gasteiger partial charge in [-0.25, -0.2) is 0 Å². The van der Waals surface area contributed by atoms with Gasteiger partial charge in [0.1, 0.15) is 5.75 Å². The maximum atomic E-state index is 11.1. The molecule has 1 aromatic rings. The van der Waals surface area contributed by atoms with Crippen LogP contribution < -0.4 is 10.2 Å². The SMILES string of the molecule is COC(=O)CCCOc1ccccc1B1OC(C)(C)C(C)(C)O1. The molecule has 1 fully saturated rings. The summed E-state index contributed by atoms with van der Waals surface area (Å²) in [5.41, 5.74) is 0.0786.